The molecule has 0 N–H and O–H groups in total. The predicted molar refractivity (Wildman–Crippen MR) is 159 cm³/mol. The molecule has 0 amide bonds. The molecule has 186 valence electrons. The van der Waals surface area contributed by atoms with Crippen LogP contribution in [0, 0.1) is 31.6 Å². The Morgan fingerprint density at radius 1 is 1.00 bits per heavy atom. The molecule has 0 aliphatic heterocycles. The summed E-state index contributed by atoms with van der Waals surface area (Å²) in [5, 5.41) is 0. The van der Waals surface area contributed by atoms with E-state index in [0.717, 1.165) is 16.7 Å². The molecule has 0 nitrogen and oxygen atoms in total. The van der Waals surface area contributed by atoms with Crippen LogP contribution in [-0.2, 0) is 0 Å². The highest BCUT2D eigenvalue weighted by Crippen LogP contribution is 2.41. The van der Waals surface area contributed by atoms with Gasteiger partial charge in [0.15, 0.2) is 0 Å². The van der Waals surface area contributed by atoms with Gasteiger partial charge in [-0.3, -0.25) is 0 Å². The van der Waals surface area contributed by atoms with Crippen LogP contribution < -0.4 is 0 Å². The quantitative estimate of drug-likeness (QED) is 0.294. The maximum atomic E-state index is 5.59. The average Bonchev–Trinajstić information content (AvgIpc) is 2.77. The maximum absolute atomic E-state index is 5.59. The second-order valence-electron chi connectivity index (χ2n) is 8.25. The number of terminal acetylenes is 2. The predicted octanol–water partition coefficient (Wildman–Crippen LogP) is 10.5. The molecule has 1 aromatic carbocycles. The number of hydrogen-bond donors (Lipinski definition) is 0. The van der Waals surface area contributed by atoms with E-state index in [4.69, 9.17) is 6.42 Å². The zero-order valence-electron chi connectivity index (χ0n) is 24.2. The van der Waals surface area contributed by atoms with Crippen LogP contribution in [0.5, 0.6) is 0 Å². The van der Waals surface area contributed by atoms with Gasteiger partial charge in [0.2, 0.25) is 0 Å². The molecule has 0 heteroatoms. The first kappa shape index (κ1) is 35.6. The highest BCUT2D eigenvalue weighted by Gasteiger charge is 2.25. The topological polar surface area (TPSA) is 0 Å². The molecule has 1 atom stereocenters. The van der Waals surface area contributed by atoms with Gasteiger partial charge in [-0.05, 0) is 89.8 Å². The van der Waals surface area contributed by atoms with Crippen molar-refractivity contribution < 1.29 is 0 Å². The Morgan fingerprint density at radius 2 is 1.47 bits per heavy atom. The number of aryl methyl sites for hydroxylation is 1. The Bertz CT molecular complexity index is 939. The standard InChI is InChI=1S/C26H32.C3H8.C3H4.C2H6/c1-11-20(9)15-24(17(3)4)26(25(18(5)6)19(7)8)23-14-13-22(12-2)16-21(23)10;2*1-3-2;1-2/h2,11,13-16,26H,3,5H2,1,4,6-10H3;3H2,1-2H3;1H,2H3;1-2H3/b20-11-,24-15+;;;. The first-order chi connectivity index (χ1) is 16.0. The Kier molecular flexibility index (Phi) is 21.6. The molecule has 0 bridgehead atoms. The maximum Gasteiger partial charge on any atom is 0.0346 e. The molecule has 1 rings (SSSR count). The van der Waals surface area contributed by atoms with Crippen molar-refractivity contribution >= 4 is 0 Å². The van der Waals surface area contributed by atoms with Crippen molar-refractivity contribution in [2.75, 3.05) is 0 Å². The summed E-state index contributed by atoms with van der Waals surface area (Å²) < 4.78 is 0. The second kappa shape index (κ2) is 20.6. The SMILES string of the molecule is C#CC.C#Cc1ccc(C(C(C(=C)C)=C(C)C)/C(=C/C(C)=C\C)C(=C)C)c(C)c1.CC.CCC. The van der Waals surface area contributed by atoms with E-state index < -0.39 is 0 Å². The lowest BCUT2D eigenvalue weighted by atomic mass is 9.75. The fourth-order valence-electron chi connectivity index (χ4n) is 3.31. The zero-order valence-corrected chi connectivity index (χ0v) is 24.2. The lowest BCUT2D eigenvalue weighted by Gasteiger charge is -2.28. The third-order valence-electron chi connectivity index (χ3n) is 4.68. The largest absolute Gasteiger partial charge is 0.120 e. The molecule has 0 fully saturated rings. The van der Waals surface area contributed by atoms with E-state index in [2.05, 4.69) is 118 Å². The summed E-state index contributed by atoms with van der Waals surface area (Å²) in [6.45, 7) is 33.2. The monoisotopic (exact) mass is 458 g/mol. The van der Waals surface area contributed by atoms with Crippen LogP contribution in [0.25, 0.3) is 0 Å². The fraction of sp³-hybridized carbons (Fsp3) is 0.412. The highest BCUT2D eigenvalue weighted by atomic mass is 14.3. The van der Waals surface area contributed by atoms with E-state index in [1.807, 2.05) is 19.9 Å². The van der Waals surface area contributed by atoms with Crippen LogP contribution in [0.3, 0.4) is 0 Å². The minimum absolute atomic E-state index is 0.0942. The summed E-state index contributed by atoms with van der Waals surface area (Å²) in [6, 6.07) is 6.26. The van der Waals surface area contributed by atoms with Crippen molar-refractivity contribution in [3.8, 4) is 24.7 Å². The van der Waals surface area contributed by atoms with Crippen molar-refractivity contribution in [1.29, 1.82) is 0 Å². The number of allylic oxidation sites excluding steroid dienone is 8. The molecule has 0 aliphatic carbocycles. The summed E-state index contributed by atoms with van der Waals surface area (Å²) in [4.78, 5) is 0. The summed E-state index contributed by atoms with van der Waals surface area (Å²) in [6.07, 6.45) is 15.8. The van der Waals surface area contributed by atoms with Gasteiger partial charge in [0, 0.05) is 11.5 Å². The molecule has 0 saturated heterocycles. The van der Waals surface area contributed by atoms with Crippen LogP contribution in [-0.4, -0.2) is 0 Å². The van der Waals surface area contributed by atoms with Gasteiger partial charge in [0.05, 0.1) is 0 Å². The number of hydrogen-bond acceptors (Lipinski definition) is 0. The minimum Gasteiger partial charge on any atom is -0.120 e. The van der Waals surface area contributed by atoms with Crippen LogP contribution >= 0.6 is 0 Å². The molecule has 1 unspecified atom stereocenters. The first-order valence-corrected chi connectivity index (χ1v) is 12.2. The lowest BCUT2D eigenvalue weighted by molar-refractivity contribution is 0.904. The third kappa shape index (κ3) is 12.9. The van der Waals surface area contributed by atoms with Crippen LogP contribution in [0.1, 0.15) is 105 Å². The van der Waals surface area contributed by atoms with Gasteiger partial charge in [-0.15, -0.1) is 18.8 Å². The van der Waals surface area contributed by atoms with E-state index in [1.54, 1.807) is 6.92 Å². The minimum atomic E-state index is 0.0942. The molecule has 0 aromatic heterocycles. The highest BCUT2D eigenvalue weighted by molar-refractivity contribution is 5.56. The van der Waals surface area contributed by atoms with Crippen molar-refractivity contribution in [2.24, 2.45) is 0 Å². The van der Waals surface area contributed by atoms with Crippen molar-refractivity contribution in [2.45, 2.75) is 95.4 Å². The van der Waals surface area contributed by atoms with Crippen molar-refractivity contribution in [1.82, 2.24) is 0 Å². The second-order valence-corrected chi connectivity index (χ2v) is 8.25. The van der Waals surface area contributed by atoms with Crippen molar-refractivity contribution in [3.05, 3.63) is 93.6 Å². The summed E-state index contributed by atoms with van der Waals surface area (Å²) >= 11 is 0. The van der Waals surface area contributed by atoms with Gasteiger partial charge >= 0.3 is 0 Å². The van der Waals surface area contributed by atoms with Gasteiger partial charge in [-0.2, -0.15) is 0 Å². The molecular formula is C34H50. The molecular weight excluding hydrogens is 408 g/mol. The molecule has 0 aliphatic rings. The Hall–Kier alpha value is -2.96. The van der Waals surface area contributed by atoms with E-state index in [9.17, 15) is 0 Å². The van der Waals surface area contributed by atoms with Crippen LogP contribution in [0.4, 0.5) is 0 Å². The molecule has 0 radical (unpaired) electrons. The molecule has 0 saturated carbocycles. The summed E-state index contributed by atoms with van der Waals surface area (Å²) in [5.74, 6) is 5.08. The lowest BCUT2D eigenvalue weighted by Crippen LogP contribution is -2.11. The van der Waals surface area contributed by atoms with Crippen LogP contribution in [0.15, 0.2) is 76.9 Å². The number of benzene rings is 1. The van der Waals surface area contributed by atoms with E-state index in [-0.39, 0.29) is 5.92 Å². The first-order valence-electron chi connectivity index (χ1n) is 12.2. The summed E-state index contributed by atoms with van der Waals surface area (Å²) in [7, 11) is 0. The molecule has 34 heavy (non-hydrogen) atoms. The Morgan fingerprint density at radius 3 is 1.76 bits per heavy atom. The van der Waals surface area contributed by atoms with Gasteiger partial charge in [0.25, 0.3) is 0 Å². The molecule has 1 aromatic rings. The van der Waals surface area contributed by atoms with Crippen LogP contribution in [0.2, 0.25) is 0 Å². The van der Waals surface area contributed by atoms with Crippen molar-refractivity contribution in [3.63, 3.8) is 0 Å². The average molecular weight is 459 g/mol. The Labute approximate surface area is 213 Å². The number of rotatable bonds is 6. The van der Waals surface area contributed by atoms with E-state index in [0.29, 0.717) is 0 Å². The Balaban J connectivity index is -0.00000106. The smallest absolute Gasteiger partial charge is 0.0346 e. The van der Waals surface area contributed by atoms with Gasteiger partial charge < -0.3 is 0 Å². The van der Waals surface area contributed by atoms with Gasteiger partial charge in [0.1, 0.15) is 0 Å². The fourth-order valence-corrected chi connectivity index (χ4v) is 3.31. The van der Waals surface area contributed by atoms with Gasteiger partial charge in [-0.25, -0.2) is 0 Å². The summed E-state index contributed by atoms with van der Waals surface area (Å²) in [5.41, 5.74) is 10.5. The van der Waals surface area contributed by atoms with Gasteiger partial charge in [-0.1, -0.05) is 93.7 Å². The molecule has 0 heterocycles. The van der Waals surface area contributed by atoms with E-state index >= 15 is 0 Å². The zero-order chi connectivity index (χ0) is 27.4. The molecule has 0 spiro atoms. The van der Waals surface area contributed by atoms with E-state index in [1.165, 1.54) is 39.8 Å². The normalized spacial score (nSPS) is 10.9. The third-order valence-corrected chi connectivity index (χ3v) is 4.68.